The summed E-state index contributed by atoms with van der Waals surface area (Å²) in [5.74, 6) is -0.338. The molecule has 144 valence electrons. The van der Waals surface area contributed by atoms with Crippen LogP contribution in [0.2, 0.25) is 0 Å². The number of carbonyl (C=O) groups is 1. The van der Waals surface area contributed by atoms with E-state index in [0.717, 1.165) is 0 Å². The molecule has 1 fully saturated rings. The maximum absolute atomic E-state index is 12.0. The van der Waals surface area contributed by atoms with E-state index in [1.807, 2.05) is 13.8 Å². The lowest BCUT2D eigenvalue weighted by Crippen LogP contribution is -2.31. The molecular formula is C18H25NO7. The van der Waals surface area contributed by atoms with Crippen LogP contribution in [0.1, 0.15) is 38.7 Å². The number of rotatable bonds is 7. The summed E-state index contributed by atoms with van der Waals surface area (Å²) in [6, 6.07) is 6.39. The summed E-state index contributed by atoms with van der Waals surface area (Å²) in [6.45, 7) is 5.89. The Balaban J connectivity index is 1.91. The second-order valence-electron chi connectivity index (χ2n) is 7.01. The SMILES string of the molecule is COC[C@H]1OC(C)(C)C[C@H]1OC(=O)OCC(C)c1ccccc1[N+](=O)[O-]. The first-order valence-electron chi connectivity index (χ1n) is 8.47. The van der Waals surface area contributed by atoms with Gasteiger partial charge in [-0.2, -0.15) is 0 Å². The van der Waals surface area contributed by atoms with Crippen molar-refractivity contribution in [3.05, 3.63) is 39.9 Å². The molecule has 0 spiro atoms. The van der Waals surface area contributed by atoms with Gasteiger partial charge in [0, 0.05) is 31.1 Å². The molecule has 0 radical (unpaired) electrons. The highest BCUT2D eigenvalue weighted by molar-refractivity contribution is 5.60. The summed E-state index contributed by atoms with van der Waals surface area (Å²) < 4.78 is 21.5. The maximum atomic E-state index is 12.0. The van der Waals surface area contributed by atoms with Crippen LogP contribution in [0.3, 0.4) is 0 Å². The van der Waals surface area contributed by atoms with Gasteiger partial charge in [0.2, 0.25) is 0 Å². The fourth-order valence-electron chi connectivity index (χ4n) is 3.08. The van der Waals surface area contributed by atoms with Gasteiger partial charge in [-0.15, -0.1) is 0 Å². The van der Waals surface area contributed by atoms with Crippen molar-refractivity contribution in [2.75, 3.05) is 20.3 Å². The van der Waals surface area contributed by atoms with Crippen LogP contribution in [-0.2, 0) is 18.9 Å². The fraction of sp³-hybridized carbons (Fsp3) is 0.611. The molecule has 1 aliphatic rings. The van der Waals surface area contributed by atoms with Gasteiger partial charge in [0.15, 0.2) is 0 Å². The number of hydrogen-bond donors (Lipinski definition) is 0. The lowest BCUT2D eigenvalue weighted by Gasteiger charge is -2.19. The first-order chi connectivity index (χ1) is 12.2. The van der Waals surface area contributed by atoms with Crippen molar-refractivity contribution in [3.63, 3.8) is 0 Å². The van der Waals surface area contributed by atoms with Gasteiger partial charge in [0.05, 0.1) is 17.1 Å². The number of para-hydroxylation sites is 1. The van der Waals surface area contributed by atoms with Crippen LogP contribution in [0.25, 0.3) is 0 Å². The molecule has 0 aromatic heterocycles. The second kappa shape index (κ2) is 8.46. The Kier molecular flexibility index (Phi) is 6.55. The standard InChI is InChI=1S/C18H25NO7/c1-12(13-7-5-6-8-14(13)19(21)22)10-24-17(20)25-15-9-18(2,3)26-16(15)11-23-4/h5-8,12,15-16H,9-11H2,1-4H3/t12?,15-,16-/m1/s1. The van der Waals surface area contributed by atoms with E-state index >= 15 is 0 Å². The molecule has 1 heterocycles. The Morgan fingerprint density at radius 1 is 1.42 bits per heavy atom. The van der Waals surface area contributed by atoms with E-state index < -0.39 is 22.8 Å². The summed E-state index contributed by atoms with van der Waals surface area (Å²) in [7, 11) is 1.55. The van der Waals surface area contributed by atoms with Crippen LogP contribution in [0.4, 0.5) is 10.5 Å². The predicted molar refractivity (Wildman–Crippen MR) is 93.2 cm³/mol. The van der Waals surface area contributed by atoms with Gasteiger partial charge in [-0.05, 0) is 13.8 Å². The minimum atomic E-state index is -0.817. The second-order valence-corrected chi connectivity index (χ2v) is 7.01. The van der Waals surface area contributed by atoms with E-state index in [1.165, 1.54) is 6.07 Å². The molecule has 1 aliphatic heterocycles. The quantitative estimate of drug-likeness (QED) is 0.414. The Hall–Kier alpha value is -2.19. The Labute approximate surface area is 152 Å². The van der Waals surface area contributed by atoms with Gasteiger partial charge >= 0.3 is 6.16 Å². The Morgan fingerprint density at radius 2 is 2.12 bits per heavy atom. The van der Waals surface area contributed by atoms with E-state index in [1.54, 1.807) is 32.2 Å². The van der Waals surface area contributed by atoms with E-state index in [0.29, 0.717) is 18.6 Å². The maximum Gasteiger partial charge on any atom is 0.508 e. The number of ether oxygens (including phenoxy) is 4. The van der Waals surface area contributed by atoms with Gasteiger partial charge in [-0.1, -0.05) is 25.1 Å². The summed E-state index contributed by atoms with van der Waals surface area (Å²) in [6.07, 6.45) is -1.09. The highest BCUT2D eigenvalue weighted by Crippen LogP contribution is 2.32. The zero-order valence-corrected chi connectivity index (χ0v) is 15.5. The number of nitro groups is 1. The molecule has 0 saturated carbocycles. The van der Waals surface area contributed by atoms with Crippen molar-refractivity contribution < 1.29 is 28.7 Å². The van der Waals surface area contributed by atoms with Crippen molar-refractivity contribution >= 4 is 11.8 Å². The van der Waals surface area contributed by atoms with Crippen molar-refractivity contribution in [1.29, 1.82) is 0 Å². The van der Waals surface area contributed by atoms with E-state index in [-0.39, 0.29) is 24.3 Å². The first-order valence-corrected chi connectivity index (χ1v) is 8.47. The molecule has 2 rings (SSSR count). The molecule has 3 atom stereocenters. The topological polar surface area (TPSA) is 97.1 Å². The van der Waals surface area contributed by atoms with Crippen LogP contribution in [0.15, 0.2) is 24.3 Å². The predicted octanol–water partition coefficient (Wildman–Crippen LogP) is 3.43. The summed E-state index contributed by atoms with van der Waals surface area (Å²) in [4.78, 5) is 22.7. The largest absolute Gasteiger partial charge is 0.508 e. The minimum absolute atomic E-state index is 0.00284. The molecule has 0 N–H and O–H groups in total. The molecule has 0 bridgehead atoms. The van der Waals surface area contributed by atoms with Crippen molar-refractivity contribution in [2.45, 2.75) is 50.9 Å². The molecule has 1 aromatic carbocycles. The number of nitrogens with zero attached hydrogens (tertiary/aromatic N) is 1. The highest BCUT2D eigenvalue weighted by Gasteiger charge is 2.43. The molecule has 1 aromatic rings. The zero-order valence-electron chi connectivity index (χ0n) is 15.5. The molecule has 1 saturated heterocycles. The van der Waals surface area contributed by atoms with Crippen molar-refractivity contribution in [2.24, 2.45) is 0 Å². The van der Waals surface area contributed by atoms with Crippen LogP contribution in [0, 0.1) is 10.1 Å². The molecule has 1 unspecified atom stereocenters. The third-order valence-corrected chi connectivity index (χ3v) is 4.27. The normalized spacial score (nSPS) is 22.6. The lowest BCUT2D eigenvalue weighted by molar-refractivity contribution is -0.385. The number of nitro benzene ring substituents is 1. The van der Waals surface area contributed by atoms with Crippen molar-refractivity contribution in [3.8, 4) is 0 Å². The van der Waals surface area contributed by atoms with Gasteiger partial charge in [0.25, 0.3) is 5.69 Å². The minimum Gasteiger partial charge on any atom is -0.434 e. The number of carbonyl (C=O) groups excluding carboxylic acids is 1. The number of benzene rings is 1. The molecule has 8 heteroatoms. The zero-order chi connectivity index (χ0) is 19.3. The van der Waals surface area contributed by atoms with Crippen LogP contribution >= 0.6 is 0 Å². The third kappa shape index (κ3) is 5.15. The smallest absolute Gasteiger partial charge is 0.434 e. The van der Waals surface area contributed by atoms with Gasteiger partial charge < -0.3 is 18.9 Å². The van der Waals surface area contributed by atoms with E-state index in [4.69, 9.17) is 18.9 Å². The number of hydrogen-bond acceptors (Lipinski definition) is 7. The first kappa shape index (κ1) is 20.1. The van der Waals surface area contributed by atoms with Crippen molar-refractivity contribution in [1.82, 2.24) is 0 Å². The van der Waals surface area contributed by atoms with E-state index in [2.05, 4.69) is 0 Å². The highest BCUT2D eigenvalue weighted by atomic mass is 16.7. The van der Waals surface area contributed by atoms with Crippen LogP contribution in [-0.4, -0.2) is 49.2 Å². The lowest BCUT2D eigenvalue weighted by atomic mass is 10.0. The van der Waals surface area contributed by atoms with Crippen LogP contribution < -0.4 is 0 Å². The fourth-order valence-corrected chi connectivity index (χ4v) is 3.08. The summed E-state index contributed by atoms with van der Waals surface area (Å²) in [5.41, 5.74) is 0.0995. The monoisotopic (exact) mass is 367 g/mol. The Morgan fingerprint density at radius 3 is 2.77 bits per heavy atom. The third-order valence-electron chi connectivity index (χ3n) is 4.27. The average Bonchev–Trinajstić information content (AvgIpc) is 2.86. The molecule has 0 aliphatic carbocycles. The average molecular weight is 367 g/mol. The van der Waals surface area contributed by atoms with E-state index in [9.17, 15) is 14.9 Å². The van der Waals surface area contributed by atoms with Gasteiger partial charge in [-0.3, -0.25) is 10.1 Å². The molecule has 8 nitrogen and oxygen atoms in total. The number of methoxy groups -OCH3 is 1. The Bertz CT molecular complexity index is 646. The molecule has 0 amide bonds. The molecule has 26 heavy (non-hydrogen) atoms. The summed E-state index contributed by atoms with van der Waals surface area (Å²) >= 11 is 0. The van der Waals surface area contributed by atoms with Gasteiger partial charge in [0.1, 0.15) is 18.8 Å². The molecular weight excluding hydrogens is 342 g/mol. The summed E-state index contributed by atoms with van der Waals surface area (Å²) in [5, 5.41) is 11.1. The van der Waals surface area contributed by atoms with Crippen LogP contribution in [0.5, 0.6) is 0 Å². The van der Waals surface area contributed by atoms with Gasteiger partial charge in [-0.25, -0.2) is 4.79 Å².